The predicted molar refractivity (Wildman–Crippen MR) is 76.4 cm³/mol. The van der Waals surface area contributed by atoms with E-state index in [1.165, 1.54) is 12.1 Å². The van der Waals surface area contributed by atoms with Crippen molar-refractivity contribution in [1.29, 1.82) is 0 Å². The number of fused-ring (bicyclic) bond motifs is 1. The molecule has 2 aromatic rings. The van der Waals surface area contributed by atoms with E-state index in [-0.39, 0.29) is 5.69 Å². The van der Waals surface area contributed by atoms with Crippen molar-refractivity contribution in [2.75, 3.05) is 0 Å². The van der Waals surface area contributed by atoms with Crippen LogP contribution >= 0.6 is 0 Å². The third kappa shape index (κ3) is 2.34. The van der Waals surface area contributed by atoms with Gasteiger partial charge in [-0.3, -0.25) is 15.1 Å². The summed E-state index contributed by atoms with van der Waals surface area (Å²) in [6, 6.07) is 6.35. The molecule has 0 unspecified atom stereocenters. The van der Waals surface area contributed by atoms with Gasteiger partial charge in [0.25, 0.3) is 5.69 Å². The average Bonchev–Trinajstić information content (AvgIpc) is 2.47. The number of aromatic nitrogens is 2. The molecule has 1 heterocycles. The van der Waals surface area contributed by atoms with E-state index in [1.54, 1.807) is 12.1 Å². The summed E-state index contributed by atoms with van der Waals surface area (Å²) < 4.78 is 0. The molecule has 102 valence electrons. The molecule has 0 saturated heterocycles. The first-order chi connectivity index (χ1) is 9.65. The second-order valence-corrected chi connectivity index (χ2v) is 5.18. The van der Waals surface area contributed by atoms with Crippen molar-refractivity contribution >= 4 is 18.3 Å². The molecule has 1 aromatic heterocycles. The van der Waals surface area contributed by atoms with Gasteiger partial charge in [-0.05, 0) is 31.2 Å². The van der Waals surface area contributed by atoms with Crippen molar-refractivity contribution in [2.24, 2.45) is 0 Å². The molecule has 0 saturated carbocycles. The van der Waals surface area contributed by atoms with Gasteiger partial charge in [0.2, 0.25) is 0 Å². The van der Waals surface area contributed by atoms with E-state index in [0.29, 0.717) is 16.4 Å². The van der Waals surface area contributed by atoms with Gasteiger partial charge in [0.15, 0.2) is 5.82 Å². The van der Waals surface area contributed by atoms with E-state index in [0.717, 1.165) is 36.9 Å². The second kappa shape index (κ2) is 5.13. The number of benzene rings is 1. The maximum Gasteiger partial charge on any atom is 0.270 e. The van der Waals surface area contributed by atoms with Crippen molar-refractivity contribution in [3.8, 4) is 11.4 Å². The lowest BCUT2D eigenvalue weighted by Crippen LogP contribution is -2.10. The molecule has 5 nitrogen and oxygen atoms in total. The summed E-state index contributed by atoms with van der Waals surface area (Å²) in [4.78, 5) is 19.3. The van der Waals surface area contributed by atoms with Gasteiger partial charge >= 0.3 is 0 Å². The molecule has 1 aliphatic rings. The Hall–Kier alpha value is -2.08. The highest BCUT2D eigenvalue weighted by atomic mass is 32.1. The number of non-ortho nitro benzene ring substituents is 1. The van der Waals surface area contributed by atoms with Crippen molar-refractivity contribution < 1.29 is 4.92 Å². The van der Waals surface area contributed by atoms with Crippen LogP contribution < -0.4 is 0 Å². The zero-order chi connectivity index (χ0) is 14.1. The molecule has 0 N–H and O–H groups in total. The lowest BCUT2D eigenvalue weighted by atomic mass is 9.97. The Morgan fingerprint density at radius 3 is 2.80 bits per heavy atom. The second-order valence-electron chi connectivity index (χ2n) is 4.79. The predicted octanol–water partition coefficient (Wildman–Crippen LogP) is 2.84. The van der Waals surface area contributed by atoms with Crippen LogP contribution in [0.4, 0.5) is 5.69 Å². The van der Waals surface area contributed by atoms with Crippen LogP contribution in [0.1, 0.15) is 24.1 Å². The normalized spacial score (nSPS) is 13.8. The Bertz CT molecular complexity index is 688. The fourth-order valence-corrected chi connectivity index (χ4v) is 2.75. The maximum absolute atomic E-state index is 10.8. The summed E-state index contributed by atoms with van der Waals surface area (Å²) in [6.07, 6.45) is 4.07. The van der Waals surface area contributed by atoms with E-state index >= 15 is 0 Å². The largest absolute Gasteiger partial charge is 0.760 e. The first-order valence-corrected chi connectivity index (χ1v) is 6.87. The Morgan fingerprint density at radius 1 is 1.20 bits per heavy atom. The van der Waals surface area contributed by atoms with Crippen molar-refractivity contribution in [3.63, 3.8) is 0 Å². The van der Waals surface area contributed by atoms with Gasteiger partial charge in [-0.25, -0.2) is 4.98 Å². The molecule has 0 amide bonds. The average molecular weight is 286 g/mol. The Kier molecular flexibility index (Phi) is 3.31. The summed E-state index contributed by atoms with van der Waals surface area (Å²) in [7, 11) is 0. The van der Waals surface area contributed by atoms with Crippen LogP contribution in [0, 0.1) is 10.1 Å². The number of hydrogen-bond donors (Lipinski definition) is 0. The topological polar surface area (TPSA) is 68.9 Å². The van der Waals surface area contributed by atoms with Crippen molar-refractivity contribution in [2.45, 2.75) is 30.7 Å². The minimum absolute atomic E-state index is 0.0368. The quantitative estimate of drug-likeness (QED) is 0.367. The minimum atomic E-state index is -0.420. The van der Waals surface area contributed by atoms with Crippen LogP contribution in [0.15, 0.2) is 29.3 Å². The van der Waals surface area contributed by atoms with Gasteiger partial charge in [-0.2, -0.15) is 0 Å². The smallest absolute Gasteiger partial charge is 0.270 e. The zero-order valence-corrected chi connectivity index (χ0v) is 11.5. The number of nitro groups is 1. The molecule has 3 rings (SSSR count). The van der Waals surface area contributed by atoms with Crippen LogP contribution in [0.5, 0.6) is 0 Å². The number of aryl methyl sites for hydroxylation is 1. The molecule has 0 bridgehead atoms. The summed E-state index contributed by atoms with van der Waals surface area (Å²) in [6.45, 7) is 0. The van der Waals surface area contributed by atoms with Crippen molar-refractivity contribution in [1.82, 2.24) is 9.97 Å². The Labute approximate surface area is 121 Å². The summed E-state index contributed by atoms with van der Waals surface area (Å²) in [5, 5.41) is 11.4. The molecule has 1 aliphatic carbocycles. The van der Waals surface area contributed by atoms with Gasteiger partial charge in [0.05, 0.1) is 4.92 Å². The molecule has 1 aromatic carbocycles. The molecule has 0 atom stereocenters. The lowest BCUT2D eigenvalue weighted by Gasteiger charge is -2.22. The Balaban J connectivity index is 2.08. The summed E-state index contributed by atoms with van der Waals surface area (Å²) in [5.74, 6) is 0.486. The SMILES string of the molecule is O=[N+]([O-])c1cccc(-c2nc([S-])c3c(n2)CCCC3)c1. The van der Waals surface area contributed by atoms with E-state index in [2.05, 4.69) is 9.97 Å². The number of nitro benzene ring substituents is 1. The van der Waals surface area contributed by atoms with Gasteiger partial charge in [0.1, 0.15) is 0 Å². The monoisotopic (exact) mass is 286 g/mol. The molecular weight excluding hydrogens is 274 g/mol. The molecule has 6 heteroatoms. The molecule has 0 spiro atoms. The minimum Gasteiger partial charge on any atom is -0.760 e. The van der Waals surface area contributed by atoms with Crippen molar-refractivity contribution in [3.05, 3.63) is 45.6 Å². The van der Waals surface area contributed by atoms with Gasteiger partial charge in [-0.1, -0.05) is 17.2 Å². The molecule has 0 aliphatic heterocycles. The highest BCUT2D eigenvalue weighted by Crippen LogP contribution is 2.26. The highest BCUT2D eigenvalue weighted by Gasteiger charge is 2.15. The van der Waals surface area contributed by atoms with Crippen LogP contribution in [-0.4, -0.2) is 14.9 Å². The van der Waals surface area contributed by atoms with Gasteiger partial charge < -0.3 is 12.6 Å². The van der Waals surface area contributed by atoms with Crippen LogP contribution in [0.2, 0.25) is 0 Å². The third-order valence-electron chi connectivity index (χ3n) is 3.46. The fraction of sp³-hybridized carbons (Fsp3) is 0.286. The number of rotatable bonds is 2. The van der Waals surface area contributed by atoms with E-state index < -0.39 is 4.92 Å². The third-order valence-corrected chi connectivity index (χ3v) is 3.80. The van der Waals surface area contributed by atoms with Crippen LogP contribution in [0.3, 0.4) is 0 Å². The van der Waals surface area contributed by atoms with E-state index in [9.17, 15) is 10.1 Å². The highest BCUT2D eigenvalue weighted by molar-refractivity contribution is 7.58. The number of nitrogens with zero attached hydrogens (tertiary/aromatic N) is 3. The first kappa shape index (κ1) is 12.9. The van der Waals surface area contributed by atoms with Crippen LogP contribution in [-0.2, 0) is 25.5 Å². The molecule has 20 heavy (non-hydrogen) atoms. The maximum atomic E-state index is 10.8. The lowest BCUT2D eigenvalue weighted by molar-refractivity contribution is -0.384. The van der Waals surface area contributed by atoms with E-state index in [4.69, 9.17) is 12.6 Å². The zero-order valence-electron chi connectivity index (χ0n) is 10.7. The summed E-state index contributed by atoms with van der Waals surface area (Å²) >= 11 is 5.33. The molecular formula is C14H12N3O2S-. The van der Waals surface area contributed by atoms with Gasteiger partial charge in [0, 0.05) is 23.4 Å². The molecule has 0 radical (unpaired) electrons. The van der Waals surface area contributed by atoms with E-state index in [1.807, 2.05) is 0 Å². The fourth-order valence-electron chi connectivity index (χ4n) is 2.45. The Morgan fingerprint density at radius 2 is 2.00 bits per heavy atom. The molecule has 0 fully saturated rings. The number of hydrogen-bond acceptors (Lipinski definition) is 5. The first-order valence-electron chi connectivity index (χ1n) is 6.47. The summed E-state index contributed by atoms with van der Waals surface area (Å²) in [5.41, 5.74) is 2.74. The van der Waals surface area contributed by atoms with Crippen LogP contribution in [0.25, 0.3) is 11.4 Å². The van der Waals surface area contributed by atoms with Gasteiger partial charge in [-0.15, -0.1) is 0 Å². The standard InChI is InChI=1S/C14H13N3O2S/c18-17(19)10-5-3-4-9(8-10)13-15-12-7-2-1-6-11(12)14(20)16-13/h3-5,8H,1-2,6-7H2,(H,15,16,20)/p-1.